The Morgan fingerprint density at radius 1 is 1.25 bits per heavy atom. The van der Waals surface area contributed by atoms with Gasteiger partial charge in [0, 0.05) is 25.6 Å². The molecule has 2 rings (SSSR count). The smallest absolute Gasteiger partial charge is 0.426 e. The molecular formula is C18H29N2O6PS. The zero-order valence-electron chi connectivity index (χ0n) is 17.3. The molecule has 0 fully saturated rings. The number of ether oxygens (including phenoxy) is 2. The average molecular weight is 432 g/mol. The average Bonchev–Trinajstić information content (AvgIpc) is 2.94. The molecule has 1 aliphatic heterocycles. The van der Waals surface area contributed by atoms with Crippen LogP contribution in [0.3, 0.4) is 0 Å². The molecule has 1 aliphatic rings. The fourth-order valence-corrected chi connectivity index (χ4v) is 5.57. The van der Waals surface area contributed by atoms with E-state index in [9.17, 15) is 9.36 Å². The Morgan fingerprint density at radius 2 is 1.89 bits per heavy atom. The molecule has 10 heteroatoms. The fraction of sp³-hybridized carbons (Fsp3) is 0.611. The predicted molar refractivity (Wildman–Crippen MR) is 109 cm³/mol. The van der Waals surface area contributed by atoms with Gasteiger partial charge in [-0.15, -0.1) is 4.08 Å². The van der Waals surface area contributed by atoms with Gasteiger partial charge >= 0.3 is 13.8 Å². The number of carbonyl (C=O) groups excluding carboxylic acids is 1. The van der Waals surface area contributed by atoms with Crippen LogP contribution in [0.2, 0.25) is 0 Å². The number of hydrogen-bond acceptors (Lipinski definition) is 7. The molecule has 158 valence electrons. The largest absolute Gasteiger partial charge is 0.483 e. The van der Waals surface area contributed by atoms with Crippen molar-refractivity contribution in [2.45, 2.75) is 46.6 Å². The summed E-state index contributed by atoms with van der Waals surface area (Å²) in [5.74, 6) is 0.947. The van der Waals surface area contributed by atoms with E-state index < -0.39 is 13.8 Å². The Bertz CT molecular complexity index is 735. The fourth-order valence-electron chi connectivity index (χ4n) is 2.77. The molecule has 0 saturated heterocycles. The number of carbonyl (C=O) groups is 1. The number of para-hydroxylation sites is 1. The molecule has 1 amide bonds. The third-order valence-electron chi connectivity index (χ3n) is 3.85. The summed E-state index contributed by atoms with van der Waals surface area (Å²) in [7, 11) is -1.98. The minimum absolute atomic E-state index is 0.228. The van der Waals surface area contributed by atoms with Crippen LogP contribution in [0.4, 0.5) is 4.79 Å². The molecule has 0 N–H and O–H groups in total. The second-order valence-corrected chi connectivity index (χ2v) is 10.1. The summed E-state index contributed by atoms with van der Waals surface area (Å²) in [5.41, 5.74) is 0.657. The highest BCUT2D eigenvalue weighted by molar-refractivity contribution is 7.99. The van der Waals surface area contributed by atoms with Crippen LogP contribution in [0.15, 0.2) is 18.2 Å². The molecule has 28 heavy (non-hydrogen) atoms. The van der Waals surface area contributed by atoms with Crippen molar-refractivity contribution in [2.24, 2.45) is 0 Å². The lowest BCUT2D eigenvalue weighted by Gasteiger charge is -2.29. The van der Waals surface area contributed by atoms with Gasteiger partial charge in [-0.05, 0) is 33.8 Å². The van der Waals surface area contributed by atoms with Gasteiger partial charge in [-0.25, -0.2) is 13.7 Å². The van der Waals surface area contributed by atoms with E-state index in [1.54, 1.807) is 26.8 Å². The van der Waals surface area contributed by atoms with E-state index in [1.165, 1.54) is 15.4 Å². The van der Waals surface area contributed by atoms with Crippen LogP contribution in [-0.2, 0) is 20.0 Å². The van der Waals surface area contributed by atoms with Gasteiger partial charge in [0.05, 0.1) is 25.3 Å². The predicted octanol–water partition coefficient (Wildman–Crippen LogP) is 4.90. The van der Waals surface area contributed by atoms with Gasteiger partial charge in [0.2, 0.25) is 0 Å². The molecule has 0 bridgehead atoms. The highest BCUT2D eigenvalue weighted by atomic mass is 32.2. The molecule has 1 aromatic rings. The van der Waals surface area contributed by atoms with Crippen LogP contribution in [-0.4, -0.2) is 46.9 Å². The zero-order valence-corrected chi connectivity index (χ0v) is 19.0. The van der Waals surface area contributed by atoms with Gasteiger partial charge < -0.3 is 9.47 Å². The number of amides is 1. The molecule has 0 unspecified atom stereocenters. The molecule has 0 aromatic heterocycles. The van der Waals surface area contributed by atoms with Gasteiger partial charge in [0.25, 0.3) is 0 Å². The van der Waals surface area contributed by atoms with Crippen molar-refractivity contribution in [3.63, 3.8) is 0 Å². The Kier molecular flexibility index (Phi) is 7.81. The van der Waals surface area contributed by atoms with Crippen molar-refractivity contribution in [1.29, 1.82) is 0 Å². The topological polar surface area (TPSA) is 77.5 Å². The summed E-state index contributed by atoms with van der Waals surface area (Å²) in [6.07, 6.45) is 0.123. The van der Waals surface area contributed by atoms with Crippen molar-refractivity contribution < 1.29 is 27.9 Å². The van der Waals surface area contributed by atoms with Gasteiger partial charge in [0.1, 0.15) is 5.60 Å². The second kappa shape index (κ2) is 9.50. The minimum Gasteiger partial charge on any atom is -0.483 e. The molecule has 0 radical (unpaired) electrons. The highest BCUT2D eigenvalue weighted by Gasteiger charge is 2.36. The number of nitrogens with zero attached hydrogens (tertiary/aromatic N) is 2. The first-order valence-electron chi connectivity index (χ1n) is 9.27. The quantitative estimate of drug-likeness (QED) is 0.403. The van der Waals surface area contributed by atoms with Crippen LogP contribution in [0.1, 0.15) is 40.2 Å². The monoisotopic (exact) mass is 432 g/mol. The van der Waals surface area contributed by atoms with E-state index in [-0.39, 0.29) is 18.8 Å². The maximum atomic E-state index is 12.9. The van der Waals surface area contributed by atoms with E-state index in [1.807, 2.05) is 26.0 Å². The molecule has 0 spiro atoms. The third-order valence-corrected chi connectivity index (χ3v) is 7.51. The lowest BCUT2D eigenvalue weighted by molar-refractivity contribution is 0.131. The highest BCUT2D eigenvalue weighted by Crippen LogP contribution is 2.55. The van der Waals surface area contributed by atoms with Crippen LogP contribution in [0, 0.1) is 0 Å². The molecule has 1 heterocycles. The first kappa shape index (κ1) is 23.0. The molecule has 0 atom stereocenters. The lowest BCUT2D eigenvalue weighted by atomic mass is 10.0. The van der Waals surface area contributed by atoms with Crippen molar-refractivity contribution in [3.05, 3.63) is 23.8 Å². The summed E-state index contributed by atoms with van der Waals surface area (Å²) in [6, 6.07) is 5.48. The Morgan fingerprint density at radius 3 is 2.46 bits per heavy atom. The lowest BCUT2D eigenvalue weighted by Crippen LogP contribution is -2.29. The van der Waals surface area contributed by atoms with Crippen LogP contribution in [0.25, 0.3) is 0 Å². The van der Waals surface area contributed by atoms with E-state index in [0.29, 0.717) is 18.0 Å². The van der Waals surface area contributed by atoms with Crippen molar-refractivity contribution in [3.8, 4) is 11.5 Å². The van der Waals surface area contributed by atoms with E-state index in [2.05, 4.69) is 0 Å². The number of rotatable bonds is 9. The van der Waals surface area contributed by atoms with Crippen molar-refractivity contribution in [1.82, 2.24) is 8.38 Å². The summed E-state index contributed by atoms with van der Waals surface area (Å²) in [4.78, 5) is 12.6. The van der Waals surface area contributed by atoms with Gasteiger partial charge in [-0.3, -0.25) is 9.05 Å². The maximum Gasteiger partial charge on any atom is 0.426 e. The molecule has 0 aliphatic carbocycles. The summed E-state index contributed by atoms with van der Waals surface area (Å²) in [6.45, 7) is 10.0. The van der Waals surface area contributed by atoms with Crippen molar-refractivity contribution in [2.75, 3.05) is 26.8 Å². The Labute approximate surface area is 171 Å². The standard InChI is InChI=1S/C18H29N2O6PS/c1-7-20(27(22,23-8-2)24-9-3)28-19(6)17(21)25-15-12-10-11-14-13-18(4,5)26-16(14)15/h10-12H,7-9,13H2,1-6H3. The van der Waals surface area contributed by atoms with Crippen LogP contribution >= 0.6 is 19.9 Å². The van der Waals surface area contributed by atoms with E-state index >= 15 is 0 Å². The van der Waals surface area contributed by atoms with E-state index in [0.717, 1.165) is 24.1 Å². The summed E-state index contributed by atoms with van der Waals surface area (Å²) < 4.78 is 37.8. The van der Waals surface area contributed by atoms with Crippen molar-refractivity contribution >= 4 is 26.0 Å². The third kappa shape index (κ3) is 5.42. The first-order valence-corrected chi connectivity index (χ1v) is 11.5. The van der Waals surface area contributed by atoms with Crippen LogP contribution < -0.4 is 9.47 Å². The normalized spacial score (nSPS) is 15.2. The van der Waals surface area contributed by atoms with Crippen LogP contribution in [0.5, 0.6) is 11.5 Å². The van der Waals surface area contributed by atoms with Gasteiger partial charge in [0.15, 0.2) is 11.5 Å². The minimum atomic E-state index is -3.51. The summed E-state index contributed by atoms with van der Waals surface area (Å²) in [5, 5.41) is 0. The van der Waals surface area contributed by atoms with E-state index in [4.69, 9.17) is 18.5 Å². The molecule has 8 nitrogen and oxygen atoms in total. The maximum absolute atomic E-state index is 12.9. The zero-order chi connectivity index (χ0) is 20.9. The Balaban J connectivity index is 2.09. The van der Waals surface area contributed by atoms with Gasteiger partial charge in [-0.2, -0.15) is 0 Å². The Hall–Kier alpha value is -1.25. The number of fused-ring (bicyclic) bond motifs is 1. The summed E-state index contributed by atoms with van der Waals surface area (Å²) >= 11 is 0.930. The second-order valence-electron chi connectivity index (χ2n) is 6.70. The van der Waals surface area contributed by atoms with Gasteiger partial charge in [-0.1, -0.05) is 19.1 Å². The molecular weight excluding hydrogens is 403 g/mol. The first-order chi connectivity index (χ1) is 13.2. The SMILES string of the molecule is CCOP(=O)(OCC)N(CC)SN(C)C(=O)Oc1cccc2c1OC(C)(C)C2. The number of benzene rings is 1. The molecule has 0 saturated carbocycles. The number of hydrogen-bond donors (Lipinski definition) is 0. The molecule has 1 aromatic carbocycles.